The van der Waals surface area contributed by atoms with Gasteiger partial charge in [0.2, 0.25) is 5.76 Å². The van der Waals surface area contributed by atoms with Crippen molar-refractivity contribution in [2.45, 2.75) is 6.17 Å². The Balaban J connectivity index is 3.08. The molecule has 0 aliphatic carbocycles. The summed E-state index contributed by atoms with van der Waals surface area (Å²) >= 11 is 0. The first-order valence-corrected chi connectivity index (χ1v) is 3.30. The second-order valence-electron chi connectivity index (χ2n) is 2.38. The minimum Gasteiger partial charge on any atom is -0.502 e. The molecule has 0 aromatic heterocycles. The number of aliphatic hydroxyl groups excluding tert-OH is 1. The van der Waals surface area contributed by atoms with Crippen molar-refractivity contribution < 1.29 is 19.7 Å². The Morgan fingerprint density at radius 1 is 1.43 bits per heavy atom. The number of rotatable bonds is 2. The lowest BCUT2D eigenvalue weighted by molar-refractivity contribution is -0.730. The number of nitroso groups, excluding NO2 is 1. The summed E-state index contributed by atoms with van der Waals surface area (Å²) in [6.45, 7) is 0. The Kier molecular flexibility index (Phi) is 2.23. The zero-order valence-corrected chi connectivity index (χ0v) is 6.56. The highest BCUT2D eigenvalue weighted by molar-refractivity contribution is 5.18. The Labute approximate surface area is 75.8 Å². The fourth-order valence-electron chi connectivity index (χ4n) is 0.858. The molecule has 9 nitrogen and oxygen atoms in total. The zero-order chi connectivity index (χ0) is 10.9. The normalized spacial score (nSPS) is 21.1. The Morgan fingerprint density at radius 2 is 2.00 bits per heavy atom. The standard InChI is InChI=1S/C5H3N3O6/c9-4-1-5(8(13)14)6(10)2-3(4)7(11)12/h1-2,5H/p+1. The van der Waals surface area contributed by atoms with Crippen LogP contribution < -0.4 is 0 Å². The predicted molar refractivity (Wildman–Crippen MR) is 40.2 cm³/mol. The van der Waals surface area contributed by atoms with Gasteiger partial charge in [0.1, 0.15) is 10.8 Å². The van der Waals surface area contributed by atoms with E-state index in [9.17, 15) is 25.1 Å². The first-order valence-electron chi connectivity index (χ1n) is 3.30. The van der Waals surface area contributed by atoms with Gasteiger partial charge in [0.25, 0.3) is 0 Å². The van der Waals surface area contributed by atoms with Crippen LogP contribution in [-0.4, -0.2) is 25.9 Å². The maximum atomic E-state index is 10.8. The van der Waals surface area contributed by atoms with E-state index in [0.29, 0.717) is 12.3 Å². The lowest BCUT2D eigenvalue weighted by Crippen LogP contribution is -2.31. The maximum Gasteiger partial charge on any atom is 0.470 e. The molecule has 9 heteroatoms. The lowest BCUT2D eigenvalue weighted by atomic mass is 10.2. The van der Waals surface area contributed by atoms with Crippen molar-refractivity contribution in [2.75, 3.05) is 0 Å². The van der Waals surface area contributed by atoms with Gasteiger partial charge in [-0.2, -0.15) is 0 Å². The van der Waals surface area contributed by atoms with Gasteiger partial charge in [0.15, 0.2) is 0 Å². The molecule has 0 aromatic carbocycles. The van der Waals surface area contributed by atoms with E-state index < -0.39 is 27.5 Å². The number of nitro groups is 2. The zero-order valence-electron chi connectivity index (χ0n) is 6.56. The Morgan fingerprint density at radius 3 is 2.43 bits per heavy atom. The van der Waals surface area contributed by atoms with Crippen molar-refractivity contribution >= 4 is 0 Å². The van der Waals surface area contributed by atoms with E-state index in [-0.39, 0.29) is 4.76 Å². The van der Waals surface area contributed by atoms with E-state index in [2.05, 4.69) is 0 Å². The van der Waals surface area contributed by atoms with Crippen molar-refractivity contribution in [2.24, 2.45) is 0 Å². The molecule has 14 heavy (non-hydrogen) atoms. The molecular weight excluding hydrogens is 198 g/mol. The van der Waals surface area contributed by atoms with Crippen LogP contribution in [0, 0.1) is 25.1 Å². The smallest absolute Gasteiger partial charge is 0.470 e. The first kappa shape index (κ1) is 9.77. The molecule has 1 atom stereocenters. The minimum atomic E-state index is -1.82. The molecule has 1 heterocycles. The predicted octanol–water partition coefficient (Wildman–Crippen LogP) is -0.0583. The van der Waals surface area contributed by atoms with Crippen molar-refractivity contribution in [3.8, 4) is 0 Å². The number of nitrogens with zero attached hydrogens (tertiary/aromatic N) is 3. The highest BCUT2D eigenvalue weighted by atomic mass is 16.6. The van der Waals surface area contributed by atoms with Gasteiger partial charge in [-0.1, -0.05) is 0 Å². The maximum absolute atomic E-state index is 10.8. The summed E-state index contributed by atoms with van der Waals surface area (Å²) in [5.74, 6) is -0.885. The molecule has 0 bridgehead atoms. The summed E-state index contributed by atoms with van der Waals surface area (Å²) in [7, 11) is 0. The molecule has 1 aliphatic heterocycles. The molecule has 0 radical (unpaired) electrons. The molecule has 0 saturated carbocycles. The molecule has 0 spiro atoms. The van der Waals surface area contributed by atoms with Gasteiger partial charge in [-0.15, -0.1) is 0 Å². The van der Waals surface area contributed by atoms with Gasteiger partial charge in [-0.25, -0.2) is 0 Å². The van der Waals surface area contributed by atoms with Gasteiger partial charge in [0.05, 0.1) is 9.85 Å². The van der Waals surface area contributed by atoms with Crippen LogP contribution in [-0.2, 0) is 0 Å². The van der Waals surface area contributed by atoms with Crippen LogP contribution >= 0.6 is 0 Å². The molecule has 0 fully saturated rings. The van der Waals surface area contributed by atoms with Gasteiger partial charge >= 0.3 is 18.1 Å². The van der Waals surface area contributed by atoms with Gasteiger partial charge < -0.3 is 5.11 Å². The summed E-state index contributed by atoms with van der Waals surface area (Å²) in [4.78, 5) is 29.2. The van der Waals surface area contributed by atoms with Gasteiger partial charge in [-0.05, 0) is 0 Å². The van der Waals surface area contributed by atoms with Crippen molar-refractivity contribution in [3.63, 3.8) is 0 Å². The number of hydrogen-bond donors (Lipinski definition) is 1. The fourth-order valence-corrected chi connectivity index (χ4v) is 0.858. The fraction of sp³-hybridized carbons (Fsp3) is 0.200. The van der Waals surface area contributed by atoms with E-state index in [1.165, 1.54) is 0 Å². The van der Waals surface area contributed by atoms with Crippen molar-refractivity contribution in [1.82, 2.24) is 0 Å². The lowest BCUT2D eigenvalue weighted by Gasteiger charge is -2.00. The van der Waals surface area contributed by atoms with E-state index in [1.54, 1.807) is 0 Å². The van der Waals surface area contributed by atoms with Crippen LogP contribution in [0.15, 0.2) is 23.7 Å². The molecule has 0 saturated heterocycles. The van der Waals surface area contributed by atoms with Crippen LogP contribution in [0.1, 0.15) is 0 Å². The molecule has 74 valence electrons. The van der Waals surface area contributed by atoms with Crippen LogP contribution in [0.5, 0.6) is 0 Å². The number of hydrogen-bond acceptors (Lipinski definition) is 6. The first-order chi connectivity index (χ1) is 6.43. The number of aliphatic hydroxyl groups is 1. The van der Waals surface area contributed by atoms with Crippen molar-refractivity contribution in [3.05, 3.63) is 48.9 Å². The molecule has 0 aromatic rings. The van der Waals surface area contributed by atoms with E-state index in [1.807, 2.05) is 0 Å². The van der Waals surface area contributed by atoms with Crippen LogP contribution in [0.2, 0.25) is 0 Å². The molecular formula is C5H4N3O6+. The third-order valence-electron chi connectivity index (χ3n) is 1.49. The van der Waals surface area contributed by atoms with Crippen molar-refractivity contribution in [1.29, 1.82) is 0 Å². The second-order valence-corrected chi connectivity index (χ2v) is 2.38. The molecule has 1 aliphatic rings. The summed E-state index contributed by atoms with van der Waals surface area (Å²) in [5, 5.41) is 29.3. The highest BCUT2D eigenvalue weighted by Gasteiger charge is 2.43. The summed E-state index contributed by atoms with van der Waals surface area (Å²) < 4.78 is -0.210. The van der Waals surface area contributed by atoms with E-state index in [0.717, 1.165) is 0 Å². The third kappa shape index (κ3) is 1.55. The highest BCUT2D eigenvalue weighted by Crippen LogP contribution is 2.15. The average Bonchev–Trinajstić information content (AvgIpc) is 2.07. The summed E-state index contributed by atoms with van der Waals surface area (Å²) in [6.07, 6.45) is -0.952. The van der Waals surface area contributed by atoms with Gasteiger partial charge in [0, 0.05) is 4.91 Å². The largest absolute Gasteiger partial charge is 0.502 e. The Hall–Kier alpha value is -2.32. The molecule has 1 rings (SSSR count). The SMILES string of the molecule is O=[N+]([O-])C1=C[N+](=O)C([N+](=O)[O-])C=C1O. The summed E-state index contributed by atoms with van der Waals surface area (Å²) in [5.41, 5.74) is -0.863. The Bertz CT molecular complexity index is 383. The quantitative estimate of drug-likeness (QED) is 0.379. The molecule has 1 unspecified atom stereocenters. The van der Waals surface area contributed by atoms with Crippen LogP contribution in [0.3, 0.4) is 0 Å². The molecule has 0 amide bonds. The van der Waals surface area contributed by atoms with Crippen LogP contribution in [0.25, 0.3) is 0 Å². The minimum absolute atomic E-state index is 0.210. The van der Waals surface area contributed by atoms with Crippen LogP contribution in [0.4, 0.5) is 0 Å². The molecule has 1 N–H and O–H groups in total. The topological polar surface area (TPSA) is 127 Å². The average molecular weight is 202 g/mol. The monoisotopic (exact) mass is 202 g/mol. The van der Waals surface area contributed by atoms with E-state index in [4.69, 9.17) is 5.11 Å². The second kappa shape index (κ2) is 3.20. The van der Waals surface area contributed by atoms with E-state index >= 15 is 0 Å². The van der Waals surface area contributed by atoms with Gasteiger partial charge in [-0.3, -0.25) is 20.2 Å². The third-order valence-corrected chi connectivity index (χ3v) is 1.49. The summed E-state index contributed by atoms with van der Waals surface area (Å²) in [6, 6.07) is 0.